The fourth-order valence-electron chi connectivity index (χ4n) is 2.39. The zero-order valence-electron chi connectivity index (χ0n) is 17.2. The van der Waals surface area contributed by atoms with Gasteiger partial charge in [0.15, 0.2) is 5.96 Å². The maximum atomic E-state index is 12.3. The number of amides is 1. The van der Waals surface area contributed by atoms with Gasteiger partial charge < -0.3 is 19.9 Å². The fourth-order valence-corrected chi connectivity index (χ4v) is 2.39. The Bertz CT molecular complexity index is 562. The van der Waals surface area contributed by atoms with Gasteiger partial charge >= 0.3 is 0 Å². The van der Waals surface area contributed by atoms with E-state index in [1.807, 2.05) is 49.8 Å². The highest BCUT2D eigenvalue weighted by molar-refractivity contribution is 14.0. The normalized spacial score (nSPS) is 10.8. The maximum Gasteiger partial charge on any atom is 0.242 e. The van der Waals surface area contributed by atoms with E-state index >= 15 is 0 Å². The molecule has 27 heavy (non-hydrogen) atoms. The first kappa shape index (κ1) is 25.4. The zero-order chi connectivity index (χ0) is 19.4. The molecule has 1 aromatic heterocycles. The number of halogens is 1. The number of carbonyl (C=O) groups excluding carboxylic acids is 1. The van der Waals surface area contributed by atoms with Crippen LogP contribution in [0.2, 0.25) is 0 Å². The van der Waals surface area contributed by atoms with E-state index in [0.29, 0.717) is 31.5 Å². The Balaban J connectivity index is 0.00000676. The number of hydrogen-bond donors (Lipinski definition) is 1. The van der Waals surface area contributed by atoms with Gasteiger partial charge in [-0.25, -0.2) is 9.98 Å². The van der Waals surface area contributed by atoms with Crippen LogP contribution in [0.5, 0.6) is 5.88 Å². The predicted octanol–water partition coefficient (Wildman–Crippen LogP) is 2.75. The smallest absolute Gasteiger partial charge is 0.242 e. The lowest BCUT2D eigenvalue weighted by molar-refractivity contribution is -0.131. The van der Waals surface area contributed by atoms with Crippen LogP contribution in [0.4, 0.5) is 0 Å². The summed E-state index contributed by atoms with van der Waals surface area (Å²) >= 11 is 0. The molecule has 0 bridgehead atoms. The number of aromatic nitrogens is 1. The average Bonchev–Trinajstić information content (AvgIpc) is 2.65. The Hall–Kier alpha value is -1.58. The summed E-state index contributed by atoms with van der Waals surface area (Å²) in [4.78, 5) is 24.9. The molecule has 0 unspecified atom stereocenters. The lowest BCUT2D eigenvalue weighted by atomic mass is 10.3. The third-order valence-electron chi connectivity index (χ3n) is 3.85. The van der Waals surface area contributed by atoms with Crippen LogP contribution in [-0.4, -0.2) is 66.5 Å². The molecule has 0 saturated heterocycles. The van der Waals surface area contributed by atoms with Crippen LogP contribution in [0.1, 0.15) is 39.7 Å². The molecule has 1 aromatic rings. The third-order valence-corrected chi connectivity index (χ3v) is 3.85. The first-order chi connectivity index (χ1) is 12.5. The molecular weight excluding hydrogens is 457 g/mol. The van der Waals surface area contributed by atoms with Crippen LogP contribution in [-0.2, 0) is 11.3 Å². The maximum absolute atomic E-state index is 12.3. The van der Waals surface area contributed by atoms with E-state index in [4.69, 9.17) is 4.74 Å². The van der Waals surface area contributed by atoms with Crippen LogP contribution in [0, 0.1) is 0 Å². The molecule has 7 nitrogen and oxygen atoms in total. The Morgan fingerprint density at radius 1 is 1.22 bits per heavy atom. The molecule has 0 aliphatic rings. The number of nitrogens with zero attached hydrogens (tertiary/aromatic N) is 4. The summed E-state index contributed by atoms with van der Waals surface area (Å²) in [5.41, 5.74) is 0.993. The van der Waals surface area contributed by atoms with E-state index in [2.05, 4.69) is 22.2 Å². The third kappa shape index (κ3) is 9.25. The summed E-state index contributed by atoms with van der Waals surface area (Å²) < 4.78 is 5.49. The lowest BCUT2D eigenvalue weighted by Gasteiger charge is -2.25. The highest BCUT2D eigenvalue weighted by atomic mass is 127. The van der Waals surface area contributed by atoms with Gasteiger partial charge in [0, 0.05) is 38.9 Å². The van der Waals surface area contributed by atoms with Crippen molar-refractivity contribution in [3.8, 4) is 5.88 Å². The summed E-state index contributed by atoms with van der Waals surface area (Å²) in [6, 6.07) is 3.83. The number of hydrogen-bond acceptors (Lipinski definition) is 4. The highest BCUT2D eigenvalue weighted by Crippen LogP contribution is 2.09. The molecule has 1 rings (SSSR count). The standard InChI is InChI=1S/C19H33N5O2.HI/c1-6-12-26-17-11-10-16(13-21-17)14-22-19(20-7-2)23(5)15-18(25)24(8-3)9-4;/h10-11,13H,6-9,12,14-15H2,1-5H3,(H,20,22);1H. The number of guanidine groups is 1. The summed E-state index contributed by atoms with van der Waals surface area (Å²) in [6.45, 7) is 11.7. The van der Waals surface area contributed by atoms with E-state index in [1.54, 1.807) is 6.20 Å². The minimum absolute atomic E-state index is 0. The van der Waals surface area contributed by atoms with Crippen LogP contribution < -0.4 is 10.1 Å². The fraction of sp³-hybridized carbons (Fsp3) is 0.632. The molecule has 0 aliphatic carbocycles. The zero-order valence-corrected chi connectivity index (χ0v) is 19.5. The van der Waals surface area contributed by atoms with Crippen molar-refractivity contribution in [3.63, 3.8) is 0 Å². The van der Waals surface area contributed by atoms with E-state index in [-0.39, 0.29) is 29.9 Å². The molecule has 1 heterocycles. The van der Waals surface area contributed by atoms with Gasteiger partial charge in [0.2, 0.25) is 11.8 Å². The van der Waals surface area contributed by atoms with Crippen molar-refractivity contribution in [2.24, 2.45) is 4.99 Å². The van der Waals surface area contributed by atoms with Crippen LogP contribution >= 0.6 is 24.0 Å². The molecule has 1 amide bonds. The molecule has 0 saturated carbocycles. The Morgan fingerprint density at radius 2 is 1.93 bits per heavy atom. The van der Waals surface area contributed by atoms with Gasteiger partial charge in [-0.05, 0) is 32.8 Å². The number of aliphatic imine (C=N–C) groups is 1. The van der Waals surface area contributed by atoms with E-state index in [0.717, 1.165) is 31.6 Å². The van der Waals surface area contributed by atoms with Gasteiger partial charge in [0.05, 0.1) is 19.7 Å². The molecule has 0 spiro atoms. The van der Waals surface area contributed by atoms with E-state index in [9.17, 15) is 4.79 Å². The molecule has 1 N–H and O–H groups in total. The SMILES string of the molecule is CCCOc1ccc(CN=C(NCC)N(C)CC(=O)N(CC)CC)cn1.I. The van der Waals surface area contributed by atoms with Crippen molar-refractivity contribution in [2.75, 3.05) is 39.8 Å². The van der Waals surface area contributed by atoms with Gasteiger partial charge in [-0.1, -0.05) is 13.0 Å². The molecule has 0 aliphatic heterocycles. The summed E-state index contributed by atoms with van der Waals surface area (Å²) in [7, 11) is 1.88. The second-order valence-corrected chi connectivity index (χ2v) is 5.95. The topological polar surface area (TPSA) is 70.1 Å². The molecule has 154 valence electrons. The highest BCUT2D eigenvalue weighted by Gasteiger charge is 2.14. The first-order valence-electron chi connectivity index (χ1n) is 9.40. The van der Waals surface area contributed by atoms with Gasteiger partial charge in [-0.15, -0.1) is 24.0 Å². The lowest BCUT2D eigenvalue weighted by Crippen LogP contribution is -2.45. The number of pyridine rings is 1. The number of ether oxygens (including phenoxy) is 1. The summed E-state index contributed by atoms with van der Waals surface area (Å²) in [5, 5.41) is 3.23. The summed E-state index contributed by atoms with van der Waals surface area (Å²) in [6.07, 6.45) is 2.73. The minimum atomic E-state index is 0. The van der Waals surface area contributed by atoms with Crippen LogP contribution in [0.25, 0.3) is 0 Å². The number of nitrogens with one attached hydrogen (secondary N) is 1. The first-order valence-corrected chi connectivity index (χ1v) is 9.40. The Labute approximate surface area is 180 Å². The second kappa shape index (κ2) is 14.5. The van der Waals surface area contributed by atoms with Gasteiger partial charge in [-0.3, -0.25) is 4.79 Å². The van der Waals surface area contributed by atoms with Crippen molar-refractivity contribution in [1.29, 1.82) is 0 Å². The largest absolute Gasteiger partial charge is 0.478 e. The molecule has 0 radical (unpaired) electrons. The van der Waals surface area contributed by atoms with Crippen molar-refractivity contribution in [1.82, 2.24) is 20.1 Å². The molecule has 0 fully saturated rings. The Morgan fingerprint density at radius 3 is 2.44 bits per heavy atom. The van der Waals surface area contributed by atoms with Crippen molar-refractivity contribution < 1.29 is 9.53 Å². The average molecular weight is 491 g/mol. The molecular formula is C19H34IN5O2. The number of likely N-dealkylation sites (N-methyl/N-ethyl adjacent to an activating group) is 2. The molecule has 0 atom stereocenters. The quantitative estimate of drug-likeness (QED) is 0.310. The molecule has 8 heteroatoms. The Kier molecular flexibility index (Phi) is 13.6. The number of rotatable bonds is 10. The number of carbonyl (C=O) groups is 1. The van der Waals surface area contributed by atoms with Gasteiger partial charge in [-0.2, -0.15) is 0 Å². The van der Waals surface area contributed by atoms with Crippen LogP contribution in [0.3, 0.4) is 0 Å². The van der Waals surface area contributed by atoms with Crippen molar-refractivity contribution in [2.45, 2.75) is 40.7 Å². The second-order valence-electron chi connectivity index (χ2n) is 5.95. The van der Waals surface area contributed by atoms with Crippen molar-refractivity contribution >= 4 is 35.8 Å². The predicted molar refractivity (Wildman–Crippen MR) is 121 cm³/mol. The van der Waals surface area contributed by atoms with Crippen molar-refractivity contribution in [3.05, 3.63) is 23.9 Å². The molecule has 0 aromatic carbocycles. The van der Waals surface area contributed by atoms with Crippen LogP contribution in [0.15, 0.2) is 23.3 Å². The minimum Gasteiger partial charge on any atom is -0.478 e. The summed E-state index contributed by atoms with van der Waals surface area (Å²) in [5.74, 6) is 1.44. The van der Waals surface area contributed by atoms with E-state index in [1.165, 1.54) is 0 Å². The van der Waals surface area contributed by atoms with Gasteiger partial charge in [0.25, 0.3) is 0 Å². The van der Waals surface area contributed by atoms with E-state index < -0.39 is 0 Å². The van der Waals surface area contributed by atoms with Gasteiger partial charge in [0.1, 0.15) is 0 Å². The monoisotopic (exact) mass is 491 g/mol.